The third kappa shape index (κ3) is 6.31. The lowest BCUT2D eigenvalue weighted by atomic mass is 9.95. The lowest BCUT2D eigenvalue weighted by Crippen LogP contribution is -2.03. The monoisotopic (exact) mass is 442 g/mol. The summed E-state index contributed by atoms with van der Waals surface area (Å²) >= 11 is 0. The molecule has 0 saturated carbocycles. The maximum atomic E-state index is 11.6. The molecule has 2 aromatic carbocycles. The van der Waals surface area contributed by atoms with Crippen LogP contribution in [0.15, 0.2) is 59.7 Å². The average Bonchev–Trinajstić information content (AvgIpc) is 3.08. The first-order chi connectivity index (χ1) is 16.1. The fourth-order valence-electron chi connectivity index (χ4n) is 4.90. The Hall–Kier alpha value is -2.48. The zero-order valence-corrected chi connectivity index (χ0v) is 21.3. The van der Waals surface area contributed by atoms with Crippen LogP contribution in [0.3, 0.4) is 0 Å². The van der Waals surface area contributed by atoms with Gasteiger partial charge < -0.3 is 5.53 Å². The Kier molecular flexibility index (Phi) is 9.66. The molecule has 0 unspecified atom stereocenters. The van der Waals surface area contributed by atoms with Crippen LogP contribution in [0.5, 0.6) is 0 Å². The van der Waals surface area contributed by atoms with E-state index in [1.165, 1.54) is 71.9 Å². The highest BCUT2D eigenvalue weighted by Crippen LogP contribution is 2.42. The maximum Gasteiger partial charge on any atom is 0.211 e. The number of rotatable bonds is 13. The van der Waals surface area contributed by atoms with Crippen molar-refractivity contribution in [3.63, 3.8) is 0 Å². The highest BCUT2D eigenvalue weighted by atomic mass is 15.2. The summed E-state index contributed by atoms with van der Waals surface area (Å²) in [6, 6.07) is 17.6. The molecular formula is C31H42N2. The molecule has 1 heterocycles. The molecule has 2 aromatic rings. The molecule has 1 aliphatic rings. The van der Waals surface area contributed by atoms with Gasteiger partial charge in [-0.25, -0.2) is 4.70 Å². The number of nitrogens with zero attached hydrogens (tertiary/aromatic N) is 2. The first-order valence-corrected chi connectivity index (χ1v) is 13.2. The van der Waals surface area contributed by atoms with Crippen molar-refractivity contribution in [2.24, 2.45) is 0 Å². The number of aryl methyl sites for hydroxylation is 2. The molecule has 2 nitrogen and oxygen atoms in total. The first-order valence-electron chi connectivity index (χ1n) is 13.2. The Balaban J connectivity index is 1.99. The normalized spacial score (nSPS) is 14.0. The molecule has 0 atom stereocenters. The van der Waals surface area contributed by atoms with E-state index in [0.29, 0.717) is 0 Å². The van der Waals surface area contributed by atoms with Crippen molar-refractivity contribution < 1.29 is 4.70 Å². The van der Waals surface area contributed by atoms with Gasteiger partial charge in [-0.3, -0.25) is 0 Å². The van der Waals surface area contributed by atoms with E-state index in [0.717, 1.165) is 48.2 Å². The number of allylic oxidation sites excluding steroid dienone is 2. The highest BCUT2D eigenvalue weighted by molar-refractivity contribution is 5.81. The summed E-state index contributed by atoms with van der Waals surface area (Å²) in [6.45, 7) is 8.92. The molecule has 0 amide bonds. The van der Waals surface area contributed by atoms with Gasteiger partial charge in [-0.05, 0) is 80.8 Å². The van der Waals surface area contributed by atoms with Gasteiger partial charge in [0.15, 0.2) is 0 Å². The molecule has 0 radical (unpaired) electrons. The van der Waals surface area contributed by atoms with Gasteiger partial charge >= 0.3 is 0 Å². The zero-order chi connectivity index (χ0) is 23.6. The number of hydrogen-bond acceptors (Lipinski definition) is 0. The Morgan fingerprint density at radius 2 is 1.18 bits per heavy atom. The summed E-state index contributed by atoms with van der Waals surface area (Å²) in [4.78, 5) is 0. The summed E-state index contributed by atoms with van der Waals surface area (Å²) in [5, 5.41) is 0. The smallest absolute Gasteiger partial charge is 0.211 e. The van der Waals surface area contributed by atoms with Gasteiger partial charge in [-0.1, -0.05) is 77.1 Å². The first kappa shape index (κ1) is 25.1. The lowest BCUT2D eigenvalue weighted by Gasteiger charge is -2.11. The molecule has 0 aliphatic carbocycles. The van der Waals surface area contributed by atoms with E-state index in [-0.39, 0.29) is 0 Å². The van der Waals surface area contributed by atoms with E-state index in [1.807, 2.05) is 0 Å². The summed E-state index contributed by atoms with van der Waals surface area (Å²) < 4.78 is 1.49. The van der Waals surface area contributed by atoms with Gasteiger partial charge in [0.25, 0.3) is 0 Å². The van der Waals surface area contributed by atoms with Gasteiger partial charge in [-0.2, -0.15) is 0 Å². The van der Waals surface area contributed by atoms with E-state index >= 15 is 0 Å². The largest absolute Gasteiger partial charge is 0.493 e. The standard InChI is InChI=1S/C31H42N2/c1-5-8-11-12-21-29-24(4)30(27-19-13-17-25(22-27)15-9-6-2)33(32)31(29)28-20-14-18-26(23-28)16-10-7-3/h13-14,17-20,22-23H,5-12,15-16,21H2,1-4H3. The van der Waals surface area contributed by atoms with E-state index in [9.17, 15) is 5.53 Å². The molecule has 0 N–H and O–H groups in total. The Bertz CT molecular complexity index is 1010. The van der Waals surface area contributed by atoms with Crippen molar-refractivity contribution in [3.8, 4) is 0 Å². The van der Waals surface area contributed by atoms with E-state index in [2.05, 4.69) is 76.2 Å². The molecule has 0 saturated heterocycles. The van der Waals surface area contributed by atoms with Crippen molar-refractivity contribution in [2.45, 2.75) is 98.3 Å². The topological polar surface area (TPSA) is 25.3 Å². The zero-order valence-electron chi connectivity index (χ0n) is 21.3. The molecule has 0 bridgehead atoms. The van der Waals surface area contributed by atoms with Crippen molar-refractivity contribution in [1.82, 2.24) is 0 Å². The van der Waals surface area contributed by atoms with Crippen LogP contribution in [-0.2, 0) is 12.8 Å². The van der Waals surface area contributed by atoms with Gasteiger partial charge in [0, 0.05) is 22.3 Å². The molecule has 0 spiro atoms. The quantitative estimate of drug-likeness (QED) is 0.218. The van der Waals surface area contributed by atoms with Gasteiger partial charge in [-0.15, -0.1) is 0 Å². The summed E-state index contributed by atoms with van der Waals surface area (Å²) in [6.07, 6.45) is 12.9. The van der Waals surface area contributed by atoms with Crippen LogP contribution in [0.1, 0.15) is 108 Å². The Labute approximate surface area is 201 Å². The third-order valence-corrected chi connectivity index (χ3v) is 6.84. The second-order valence-corrected chi connectivity index (χ2v) is 9.53. The second kappa shape index (κ2) is 12.7. The van der Waals surface area contributed by atoms with Crippen LogP contribution in [0.2, 0.25) is 0 Å². The maximum absolute atomic E-state index is 11.6. The Morgan fingerprint density at radius 1 is 0.636 bits per heavy atom. The minimum Gasteiger partial charge on any atom is -0.493 e. The van der Waals surface area contributed by atoms with Crippen molar-refractivity contribution in [2.75, 3.05) is 0 Å². The lowest BCUT2D eigenvalue weighted by molar-refractivity contribution is -0.345. The molecule has 1 aliphatic heterocycles. The van der Waals surface area contributed by atoms with Crippen LogP contribution >= 0.6 is 0 Å². The number of hydrogen-bond donors (Lipinski definition) is 0. The number of benzene rings is 2. The van der Waals surface area contributed by atoms with E-state index in [1.54, 1.807) is 0 Å². The fourth-order valence-corrected chi connectivity index (χ4v) is 4.90. The molecule has 3 rings (SSSR count). The molecule has 2 heteroatoms. The highest BCUT2D eigenvalue weighted by Gasteiger charge is 2.33. The molecular weight excluding hydrogens is 400 g/mol. The van der Waals surface area contributed by atoms with E-state index < -0.39 is 0 Å². The minimum atomic E-state index is 0.952. The molecule has 33 heavy (non-hydrogen) atoms. The summed E-state index contributed by atoms with van der Waals surface area (Å²) in [5.74, 6) is 0. The predicted molar refractivity (Wildman–Crippen MR) is 142 cm³/mol. The summed E-state index contributed by atoms with van der Waals surface area (Å²) in [7, 11) is 0. The number of unbranched alkanes of at least 4 members (excludes halogenated alkanes) is 5. The molecule has 0 aromatic heterocycles. The van der Waals surface area contributed by atoms with Crippen LogP contribution in [0.4, 0.5) is 0 Å². The van der Waals surface area contributed by atoms with Gasteiger partial charge in [0.2, 0.25) is 11.4 Å². The summed E-state index contributed by atoms with van der Waals surface area (Å²) in [5.41, 5.74) is 21.0. The van der Waals surface area contributed by atoms with Gasteiger partial charge in [0.05, 0.1) is 0 Å². The van der Waals surface area contributed by atoms with Gasteiger partial charge in [0.1, 0.15) is 0 Å². The van der Waals surface area contributed by atoms with Crippen LogP contribution in [-0.4, -0.2) is 4.70 Å². The molecule has 0 fully saturated rings. The SMILES string of the molecule is CCCCCCC1=C(c2cccc(CCCC)c2)[N+](=[N-])C(c2cccc(CCCC)c2)=C1C. The molecule has 176 valence electrons. The average molecular weight is 443 g/mol. The Morgan fingerprint density at radius 3 is 1.73 bits per heavy atom. The third-order valence-electron chi connectivity index (χ3n) is 6.84. The van der Waals surface area contributed by atoms with Crippen molar-refractivity contribution >= 4 is 11.4 Å². The van der Waals surface area contributed by atoms with Crippen molar-refractivity contribution in [1.29, 1.82) is 0 Å². The van der Waals surface area contributed by atoms with Crippen molar-refractivity contribution in [3.05, 3.63) is 87.5 Å². The van der Waals surface area contributed by atoms with E-state index in [4.69, 9.17) is 0 Å². The van der Waals surface area contributed by atoms with Crippen LogP contribution in [0, 0.1) is 0 Å². The second-order valence-electron chi connectivity index (χ2n) is 9.53. The predicted octanol–water partition coefficient (Wildman–Crippen LogP) is 9.53. The van der Waals surface area contributed by atoms with Crippen LogP contribution < -0.4 is 0 Å². The minimum absolute atomic E-state index is 0.952. The van der Waals surface area contributed by atoms with Crippen LogP contribution in [0.25, 0.3) is 16.9 Å². The fraction of sp³-hybridized carbons (Fsp3) is 0.484.